The number of halogens is 1. The topological polar surface area (TPSA) is 75.3 Å². The first-order chi connectivity index (χ1) is 9.90. The minimum atomic E-state index is -3.78. The normalized spacial score (nSPS) is 11.1. The third kappa shape index (κ3) is 4.02. The third-order valence-electron chi connectivity index (χ3n) is 2.75. The molecule has 0 spiro atoms. The van der Waals surface area contributed by atoms with Crippen LogP contribution in [0, 0.1) is 10.5 Å². The van der Waals surface area contributed by atoms with Crippen molar-refractivity contribution in [1.29, 1.82) is 0 Å². The van der Waals surface area contributed by atoms with Crippen LogP contribution in [0.1, 0.15) is 15.9 Å². The minimum Gasteiger partial charge on any atom is -0.273 e. The van der Waals surface area contributed by atoms with E-state index in [9.17, 15) is 13.2 Å². The van der Waals surface area contributed by atoms with E-state index < -0.39 is 15.9 Å². The Morgan fingerprint density at radius 1 is 1.05 bits per heavy atom. The summed E-state index contributed by atoms with van der Waals surface area (Å²) in [4.78, 5) is 14.1. The molecule has 0 heterocycles. The number of hydrogen-bond acceptors (Lipinski definition) is 3. The van der Waals surface area contributed by atoms with E-state index in [0.29, 0.717) is 5.56 Å². The zero-order valence-corrected chi connectivity index (χ0v) is 14.1. The van der Waals surface area contributed by atoms with Crippen molar-refractivity contribution in [3.63, 3.8) is 0 Å². The van der Waals surface area contributed by atoms with Gasteiger partial charge in [-0.25, -0.2) is 8.42 Å². The Kier molecular flexibility index (Phi) is 4.96. The van der Waals surface area contributed by atoms with Crippen LogP contribution in [-0.4, -0.2) is 14.3 Å². The Morgan fingerprint density at radius 2 is 1.67 bits per heavy atom. The van der Waals surface area contributed by atoms with Crippen molar-refractivity contribution in [3.05, 3.63) is 63.2 Å². The molecule has 0 atom stereocenters. The molecule has 0 aliphatic carbocycles. The second-order valence-electron chi connectivity index (χ2n) is 4.35. The number of nitrogens with one attached hydrogen (secondary N) is 2. The average molecular weight is 416 g/mol. The molecule has 5 nitrogen and oxygen atoms in total. The van der Waals surface area contributed by atoms with E-state index in [0.717, 1.165) is 9.13 Å². The van der Waals surface area contributed by atoms with Gasteiger partial charge in [0.25, 0.3) is 15.9 Å². The molecule has 0 aliphatic heterocycles. The fourth-order valence-electron chi connectivity index (χ4n) is 1.60. The lowest BCUT2D eigenvalue weighted by Crippen LogP contribution is -2.41. The second kappa shape index (κ2) is 6.54. The zero-order valence-electron chi connectivity index (χ0n) is 11.1. The molecule has 2 rings (SSSR count). The SMILES string of the molecule is Cc1ccc(S(=O)(=O)NNC(=O)c2ccccc2I)cc1. The van der Waals surface area contributed by atoms with Gasteiger partial charge in [-0.3, -0.25) is 10.2 Å². The van der Waals surface area contributed by atoms with E-state index in [1.165, 1.54) is 12.1 Å². The van der Waals surface area contributed by atoms with Crippen LogP contribution < -0.4 is 10.3 Å². The van der Waals surface area contributed by atoms with Gasteiger partial charge in [-0.2, -0.15) is 0 Å². The average Bonchev–Trinajstić information content (AvgIpc) is 2.46. The van der Waals surface area contributed by atoms with Gasteiger partial charge in [0, 0.05) is 3.57 Å². The molecule has 0 aliphatic rings. The van der Waals surface area contributed by atoms with Crippen LogP contribution in [0.5, 0.6) is 0 Å². The summed E-state index contributed by atoms with van der Waals surface area (Å²) in [6, 6.07) is 13.3. The first-order valence-electron chi connectivity index (χ1n) is 6.03. The Balaban J connectivity index is 2.10. The van der Waals surface area contributed by atoms with Crippen molar-refractivity contribution in [2.45, 2.75) is 11.8 Å². The van der Waals surface area contributed by atoms with Crippen LogP contribution in [0.25, 0.3) is 0 Å². The van der Waals surface area contributed by atoms with Gasteiger partial charge < -0.3 is 0 Å². The predicted octanol–water partition coefficient (Wildman–Crippen LogP) is 2.22. The fraction of sp³-hybridized carbons (Fsp3) is 0.0714. The lowest BCUT2D eigenvalue weighted by Gasteiger charge is -2.09. The van der Waals surface area contributed by atoms with Crippen LogP contribution in [0.4, 0.5) is 0 Å². The summed E-state index contributed by atoms with van der Waals surface area (Å²) in [6.45, 7) is 1.86. The monoisotopic (exact) mass is 416 g/mol. The first kappa shape index (κ1) is 15.9. The highest BCUT2D eigenvalue weighted by atomic mass is 127. The van der Waals surface area contributed by atoms with E-state index in [4.69, 9.17) is 0 Å². The summed E-state index contributed by atoms with van der Waals surface area (Å²) >= 11 is 2.01. The molecule has 0 unspecified atom stereocenters. The highest BCUT2D eigenvalue weighted by Gasteiger charge is 2.16. The van der Waals surface area contributed by atoms with Gasteiger partial charge in [-0.1, -0.05) is 29.8 Å². The van der Waals surface area contributed by atoms with Crippen LogP contribution in [0.3, 0.4) is 0 Å². The van der Waals surface area contributed by atoms with Crippen molar-refractivity contribution < 1.29 is 13.2 Å². The Bertz CT molecular complexity index is 758. The lowest BCUT2D eigenvalue weighted by atomic mass is 10.2. The number of carbonyl (C=O) groups excluding carboxylic acids is 1. The molecule has 21 heavy (non-hydrogen) atoms. The number of rotatable bonds is 4. The molecular formula is C14H13IN2O3S. The summed E-state index contributed by atoms with van der Waals surface area (Å²) in [5.41, 5.74) is 3.57. The number of benzene rings is 2. The van der Waals surface area contributed by atoms with Gasteiger partial charge >= 0.3 is 0 Å². The molecule has 110 valence electrons. The van der Waals surface area contributed by atoms with Crippen LogP contribution in [0.15, 0.2) is 53.4 Å². The summed E-state index contributed by atoms with van der Waals surface area (Å²) < 4.78 is 24.8. The summed E-state index contributed by atoms with van der Waals surface area (Å²) in [6.07, 6.45) is 0. The maximum Gasteiger partial charge on any atom is 0.267 e. The van der Waals surface area contributed by atoms with Gasteiger partial charge in [-0.05, 0) is 53.8 Å². The quantitative estimate of drug-likeness (QED) is 0.593. The molecule has 0 fully saturated rings. The van der Waals surface area contributed by atoms with Gasteiger partial charge in [-0.15, -0.1) is 4.83 Å². The zero-order chi connectivity index (χ0) is 15.5. The number of hydrogen-bond donors (Lipinski definition) is 2. The first-order valence-corrected chi connectivity index (χ1v) is 8.60. The summed E-state index contributed by atoms with van der Waals surface area (Å²) in [7, 11) is -3.78. The summed E-state index contributed by atoms with van der Waals surface area (Å²) in [5.74, 6) is -0.504. The number of amides is 1. The van der Waals surface area contributed by atoms with E-state index in [2.05, 4.69) is 10.3 Å². The molecule has 7 heteroatoms. The van der Waals surface area contributed by atoms with E-state index in [1.807, 2.05) is 29.5 Å². The molecule has 2 N–H and O–H groups in total. The van der Waals surface area contributed by atoms with Crippen molar-refractivity contribution in [3.8, 4) is 0 Å². The van der Waals surface area contributed by atoms with Gasteiger partial charge in [0.1, 0.15) is 0 Å². The summed E-state index contributed by atoms with van der Waals surface area (Å²) in [5, 5.41) is 0. The van der Waals surface area contributed by atoms with Crippen LogP contribution in [0.2, 0.25) is 0 Å². The molecule has 0 bridgehead atoms. The second-order valence-corrected chi connectivity index (χ2v) is 7.20. The molecular weight excluding hydrogens is 403 g/mol. The maximum absolute atomic E-state index is 12.0. The Morgan fingerprint density at radius 3 is 2.29 bits per heavy atom. The largest absolute Gasteiger partial charge is 0.273 e. The van der Waals surface area contributed by atoms with Crippen molar-refractivity contribution in [1.82, 2.24) is 10.3 Å². The van der Waals surface area contributed by atoms with Gasteiger partial charge in [0.05, 0.1) is 10.5 Å². The molecule has 0 saturated heterocycles. The number of sulfonamides is 1. The van der Waals surface area contributed by atoms with Gasteiger partial charge in [0.15, 0.2) is 0 Å². The number of carbonyl (C=O) groups is 1. The Labute approximate surface area is 136 Å². The fourth-order valence-corrected chi connectivity index (χ4v) is 3.07. The maximum atomic E-state index is 12.0. The van der Waals surface area contributed by atoms with Crippen molar-refractivity contribution in [2.24, 2.45) is 0 Å². The van der Waals surface area contributed by atoms with Gasteiger partial charge in [0.2, 0.25) is 0 Å². The van der Waals surface area contributed by atoms with E-state index in [1.54, 1.807) is 36.4 Å². The molecule has 0 saturated carbocycles. The number of hydrazine groups is 1. The standard InChI is InChI=1S/C14H13IN2O3S/c1-10-6-8-11(9-7-10)21(19,20)17-16-14(18)12-4-2-3-5-13(12)15/h2-9,17H,1H3,(H,16,18). The van der Waals surface area contributed by atoms with E-state index in [-0.39, 0.29) is 4.90 Å². The molecule has 1 amide bonds. The Hall–Kier alpha value is -1.45. The van der Waals surface area contributed by atoms with Crippen LogP contribution in [-0.2, 0) is 10.0 Å². The van der Waals surface area contributed by atoms with Crippen molar-refractivity contribution >= 4 is 38.5 Å². The van der Waals surface area contributed by atoms with E-state index >= 15 is 0 Å². The number of aryl methyl sites for hydroxylation is 1. The third-order valence-corrected chi connectivity index (χ3v) is 4.95. The molecule has 2 aromatic carbocycles. The molecule has 2 aromatic rings. The van der Waals surface area contributed by atoms with Crippen molar-refractivity contribution in [2.75, 3.05) is 0 Å². The minimum absolute atomic E-state index is 0.0937. The smallest absolute Gasteiger partial charge is 0.267 e. The highest BCUT2D eigenvalue weighted by Crippen LogP contribution is 2.12. The van der Waals surface area contributed by atoms with Crippen LogP contribution >= 0.6 is 22.6 Å². The molecule has 0 aromatic heterocycles. The highest BCUT2D eigenvalue weighted by molar-refractivity contribution is 14.1. The lowest BCUT2D eigenvalue weighted by molar-refractivity contribution is 0.0944. The molecule has 0 radical (unpaired) electrons. The predicted molar refractivity (Wildman–Crippen MR) is 88.1 cm³/mol.